The Hall–Kier alpha value is -2.76. The average Bonchev–Trinajstić information content (AvgIpc) is 2.41. The van der Waals surface area contributed by atoms with Gasteiger partial charge in [0, 0.05) is 11.8 Å². The third kappa shape index (κ3) is 3.61. The summed E-state index contributed by atoms with van der Waals surface area (Å²) < 4.78 is 0. The number of aromatic nitrogens is 3. The molecule has 0 saturated carbocycles. The van der Waals surface area contributed by atoms with E-state index in [0.717, 1.165) is 17.0 Å². The number of carbonyl (C=O) groups is 1. The Morgan fingerprint density at radius 1 is 1.25 bits per heavy atom. The minimum atomic E-state index is -0.322. The summed E-state index contributed by atoms with van der Waals surface area (Å²) in [5, 5.41) is 10.2. The van der Waals surface area contributed by atoms with E-state index in [1.165, 1.54) is 6.08 Å². The summed E-state index contributed by atoms with van der Waals surface area (Å²) in [5.41, 5.74) is 8.62. The maximum Gasteiger partial charge on any atom is 0.250 e. The van der Waals surface area contributed by atoms with Crippen molar-refractivity contribution >= 4 is 23.6 Å². The quantitative estimate of drug-likeness (QED) is 0.653. The summed E-state index contributed by atoms with van der Waals surface area (Å²) in [4.78, 5) is 15.9. The second kappa shape index (κ2) is 5.92. The van der Waals surface area contributed by atoms with Gasteiger partial charge in [-0.1, -0.05) is 12.1 Å². The highest BCUT2D eigenvalue weighted by Crippen LogP contribution is 2.08. The van der Waals surface area contributed by atoms with Gasteiger partial charge in [-0.2, -0.15) is 5.10 Å². The van der Waals surface area contributed by atoms with Crippen LogP contribution in [0.4, 0.5) is 11.6 Å². The molecule has 0 aliphatic heterocycles. The lowest BCUT2D eigenvalue weighted by Crippen LogP contribution is -2.12. The van der Waals surface area contributed by atoms with E-state index < -0.39 is 0 Å². The zero-order valence-corrected chi connectivity index (χ0v) is 11.3. The molecule has 0 unspecified atom stereocenters. The number of aryl methyl sites for hydroxylation is 2. The molecule has 1 amide bonds. The minimum Gasteiger partial charge on any atom is -0.399 e. The Morgan fingerprint density at radius 2 is 2.05 bits per heavy atom. The molecule has 2 rings (SSSR count). The topological polar surface area (TPSA) is 93.8 Å². The summed E-state index contributed by atoms with van der Waals surface area (Å²) in [6, 6.07) is 7.24. The number of amides is 1. The molecule has 0 spiro atoms. The lowest BCUT2D eigenvalue weighted by molar-refractivity contribution is -0.111. The molecule has 0 fully saturated rings. The highest BCUT2D eigenvalue weighted by Gasteiger charge is 2.03. The first kappa shape index (κ1) is 13.7. The van der Waals surface area contributed by atoms with Crippen molar-refractivity contribution in [1.29, 1.82) is 0 Å². The maximum atomic E-state index is 11.7. The van der Waals surface area contributed by atoms with Gasteiger partial charge in [0.05, 0.1) is 11.4 Å². The number of nitrogen functional groups attached to an aromatic ring is 1. The largest absolute Gasteiger partial charge is 0.399 e. The number of nitrogens with one attached hydrogen (secondary N) is 1. The monoisotopic (exact) mass is 269 g/mol. The van der Waals surface area contributed by atoms with Crippen LogP contribution in [0.2, 0.25) is 0 Å². The molecule has 0 aliphatic carbocycles. The van der Waals surface area contributed by atoms with Crippen molar-refractivity contribution in [2.75, 3.05) is 11.1 Å². The Morgan fingerprint density at radius 3 is 2.75 bits per heavy atom. The predicted octanol–water partition coefficient (Wildman–Crippen LogP) is 1.72. The van der Waals surface area contributed by atoms with Crippen LogP contribution in [0.15, 0.2) is 30.3 Å². The smallest absolute Gasteiger partial charge is 0.250 e. The van der Waals surface area contributed by atoms with Gasteiger partial charge >= 0.3 is 0 Å². The molecular formula is C14H15N5O. The summed E-state index contributed by atoms with van der Waals surface area (Å²) in [6.07, 6.45) is 3.06. The van der Waals surface area contributed by atoms with Crippen LogP contribution < -0.4 is 11.1 Å². The Bertz CT molecular complexity index is 666. The fourth-order valence-corrected chi connectivity index (χ4v) is 1.50. The second-order valence-electron chi connectivity index (χ2n) is 4.30. The fourth-order valence-electron chi connectivity index (χ4n) is 1.50. The number of hydrogen-bond donors (Lipinski definition) is 2. The van der Waals surface area contributed by atoms with Crippen LogP contribution in [0.25, 0.3) is 6.08 Å². The number of carbonyl (C=O) groups excluding carboxylic acids is 1. The van der Waals surface area contributed by atoms with Crippen LogP contribution in [0.3, 0.4) is 0 Å². The Balaban J connectivity index is 2.03. The van der Waals surface area contributed by atoms with Crippen LogP contribution in [-0.2, 0) is 4.79 Å². The van der Waals surface area contributed by atoms with Gasteiger partial charge in [0.1, 0.15) is 0 Å². The average molecular weight is 269 g/mol. The van der Waals surface area contributed by atoms with Crippen molar-refractivity contribution in [2.45, 2.75) is 13.8 Å². The van der Waals surface area contributed by atoms with Crippen molar-refractivity contribution < 1.29 is 4.79 Å². The number of benzene rings is 1. The van der Waals surface area contributed by atoms with Crippen molar-refractivity contribution in [2.24, 2.45) is 0 Å². The first-order valence-corrected chi connectivity index (χ1v) is 6.07. The van der Waals surface area contributed by atoms with E-state index >= 15 is 0 Å². The van der Waals surface area contributed by atoms with Crippen LogP contribution in [0.5, 0.6) is 0 Å². The lowest BCUT2D eigenvalue weighted by atomic mass is 10.2. The van der Waals surface area contributed by atoms with Crippen LogP contribution in [0.1, 0.15) is 17.0 Å². The highest BCUT2D eigenvalue weighted by molar-refractivity contribution is 6.00. The first-order chi connectivity index (χ1) is 9.54. The lowest BCUT2D eigenvalue weighted by Gasteiger charge is -2.02. The second-order valence-corrected chi connectivity index (χ2v) is 4.30. The molecule has 0 aliphatic rings. The predicted molar refractivity (Wildman–Crippen MR) is 77.8 cm³/mol. The molecule has 0 radical (unpaired) electrons. The van der Waals surface area contributed by atoms with Gasteiger partial charge in [0.2, 0.25) is 5.95 Å². The standard InChI is InChI=1S/C14H15N5O/c1-9-10(2)18-19-14(16-9)17-13(20)7-6-11-4-3-5-12(15)8-11/h3-8H,15H2,1-2H3,(H,16,17,19,20)/b7-6+. The summed E-state index contributed by atoms with van der Waals surface area (Å²) >= 11 is 0. The van der Waals surface area contributed by atoms with Gasteiger partial charge in [-0.25, -0.2) is 4.98 Å². The zero-order valence-electron chi connectivity index (χ0n) is 11.3. The molecule has 6 heteroatoms. The number of rotatable bonds is 3. The molecule has 102 valence electrons. The van der Waals surface area contributed by atoms with Crippen molar-refractivity contribution in [3.8, 4) is 0 Å². The Kier molecular flexibility index (Phi) is 4.05. The third-order valence-corrected chi connectivity index (χ3v) is 2.66. The SMILES string of the molecule is Cc1nnc(NC(=O)/C=C/c2cccc(N)c2)nc1C. The van der Waals surface area contributed by atoms with E-state index in [-0.39, 0.29) is 11.9 Å². The minimum absolute atomic E-state index is 0.190. The van der Waals surface area contributed by atoms with Crippen molar-refractivity contribution in [3.05, 3.63) is 47.3 Å². The third-order valence-electron chi connectivity index (χ3n) is 2.66. The molecule has 20 heavy (non-hydrogen) atoms. The number of hydrogen-bond acceptors (Lipinski definition) is 5. The van der Waals surface area contributed by atoms with Crippen molar-refractivity contribution in [3.63, 3.8) is 0 Å². The molecule has 6 nitrogen and oxygen atoms in total. The maximum absolute atomic E-state index is 11.7. The zero-order chi connectivity index (χ0) is 14.5. The van der Waals surface area contributed by atoms with Gasteiger partial charge in [-0.15, -0.1) is 5.10 Å². The number of anilines is 2. The van der Waals surface area contributed by atoms with Gasteiger partial charge in [0.15, 0.2) is 0 Å². The van der Waals surface area contributed by atoms with Gasteiger partial charge in [0.25, 0.3) is 5.91 Å². The fraction of sp³-hybridized carbons (Fsp3) is 0.143. The normalized spacial score (nSPS) is 10.7. The summed E-state index contributed by atoms with van der Waals surface area (Å²) in [6.45, 7) is 3.61. The van der Waals surface area contributed by atoms with Crippen LogP contribution in [-0.4, -0.2) is 21.1 Å². The van der Waals surface area contributed by atoms with Gasteiger partial charge in [-0.05, 0) is 37.6 Å². The molecule has 1 heterocycles. The molecule has 2 aromatic rings. The molecular weight excluding hydrogens is 254 g/mol. The molecule has 0 atom stereocenters. The summed E-state index contributed by atoms with van der Waals surface area (Å²) in [7, 11) is 0. The first-order valence-electron chi connectivity index (χ1n) is 6.07. The number of nitrogens with zero attached hydrogens (tertiary/aromatic N) is 3. The summed E-state index contributed by atoms with van der Waals surface area (Å²) in [5.74, 6) is -0.132. The number of nitrogens with two attached hydrogens (primary N) is 1. The van der Waals surface area contributed by atoms with Crippen LogP contribution in [0, 0.1) is 13.8 Å². The molecule has 3 N–H and O–H groups in total. The molecule has 1 aromatic carbocycles. The van der Waals surface area contributed by atoms with E-state index in [4.69, 9.17) is 5.73 Å². The highest BCUT2D eigenvalue weighted by atomic mass is 16.1. The molecule has 0 saturated heterocycles. The van der Waals surface area contributed by atoms with Crippen LogP contribution >= 0.6 is 0 Å². The Labute approximate surface area is 116 Å². The van der Waals surface area contributed by atoms with E-state index in [1.54, 1.807) is 25.1 Å². The van der Waals surface area contributed by atoms with Crippen molar-refractivity contribution in [1.82, 2.24) is 15.2 Å². The van der Waals surface area contributed by atoms with Gasteiger partial charge in [-0.3, -0.25) is 10.1 Å². The molecule has 1 aromatic heterocycles. The van der Waals surface area contributed by atoms with E-state index in [9.17, 15) is 4.79 Å². The van der Waals surface area contributed by atoms with E-state index in [1.807, 2.05) is 19.1 Å². The van der Waals surface area contributed by atoms with E-state index in [2.05, 4.69) is 20.5 Å². The molecule has 0 bridgehead atoms. The van der Waals surface area contributed by atoms with E-state index in [0.29, 0.717) is 5.69 Å². The van der Waals surface area contributed by atoms with Gasteiger partial charge < -0.3 is 5.73 Å².